The monoisotopic (exact) mass is 254 g/mol. The van der Waals surface area contributed by atoms with Crippen LogP contribution in [0.15, 0.2) is 60.7 Å². The second-order valence-corrected chi connectivity index (χ2v) is 4.20. The van der Waals surface area contributed by atoms with Crippen molar-refractivity contribution in [1.82, 2.24) is 0 Å². The molecule has 0 N–H and O–H groups in total. The van der Waals surface area contributed by atoms with Gasteiger partial charge in [0.25, 0.3) is 0 Å². The van der Waals surface area contributed by atoms with Gasteiger partial charge < -0.3 is 0 Å². The molecule has 84 valence electrons. The van der Waals surface area contributed by atoms with Crippen LogP contribution in [0.4, 0.5) is 0 Å². The molecule has 0 heterocycles. The van der Waals surface area contributed by atoms with E-state index < -0.39 is 9.92 Å². The summed E-state index contributed by atoms with van der Waals surface area (Å²) in [5.74, 6) is 0. The van der Waals surface area contributed by atoms with Crippen molar-refractivity contribution >= 4 is 20.6 Å². The molecule has 2 aromatic carbocycles. The van der Waals surface area contributed by atoms with Crippen molar-refractivity contribution < 1.29 is 8.42 Å². The van der Waals surface area contributed by atoms with Gasteiger partial charge in [-0.05, 0) is 11.1 Å². The van der Waals surface area contributed by atoms with Gasteiger partial charge in [0, 0.05) is 10.7 Å². The Kier molecular flexibility index (Phi) is 5.61. The van der Waals surface area contributed by atoms with E-state index in [4.69, 9.17) is 8.42 Å². The molecule has 16 heavy (non-hydrogen) atoms. The second-order valence-electron chi connectivity index (χ2n) is 2.94. The molecule has 0 saturated heterocycles. The summed E-state index contributed by atoms with van der Waals surface area (Å²) in [5, 5.41) is 0. The Hall–Kier alpha value is -1.32. The average Bonchev–Trinajstić information content (AvgIpc) is 2.31. The lowest BCUT2D eigenvalue weighted by Gasteiger charge is -1.98. The summed E-state index contributed by atoms with van der Waals surface area (Å²) in [7, 11) is 1.58. The number of halogens is 1. The first-order valence-corrected chi connectivity index (χ1v) is 6.69. The molecule has 0 saturated carbocycles. The molecular formula is C12H11ClO2S. The molecule has 0 radical (unpaired) electrons. The molecule has 0 aromatic heterocycles. The Balaban J connectivity index is 0.000000280. The summed E-state index contributed by atoms with van der Waals surface area (Å²) >= 11 is 0. The fraction of sp³-hybridized carbons (Fsp3) is 0. The summed E-state index contributed by atoms with van der Waals surface area (Å²) in [6.07, 6.45) is 0. The standard InChI is InChI=1S/C12H10.ClHO2S/c1-3-7-11(8-4-1)12-9-5-2-6-10-12;1-4(2)3/h1-10H;4H. The zero-order valence-electron chi connectivity index (χ0n) is 8.42. The Bertz CT molecular complexity index is 435. The van der Waals surface area contributed by atoms with Gasteiger partial charge in [0.05, 0.1) is 0 Å². The summed E-state index contributed by atoms with van der Waals surface area (Å²) < 4.78 is 17.6. The third-order valence-electron chi connectivity index (χ3n) is 1.88. The van der Waals surface area contributed by atoms with Crippen LogP contribution in [0.3, 0.4) is 0 Å². The maximum atomic E-state index is 8.80. The topological polar surface area (TPSA) is 34.1 Å². The number of hydrogen-bond acceptors (Lipinski definition) is 2. The SMILES string of the molecule is O=[SH](=O)Cl.c1ccc(-c2ccccc2)cc1. The highest BCUT2D eigenvalue weighted by Gasteiger charge is 1.91. The van der Waals surface area contributed by atoms with Crippen LogP contribution in [-0.4, -0.2) is 8.42 Å². The molecular weight excluding hydrogens is 244 g/mol. The fourth-order valence-corrected chi connectivity index (χ4v) is 1.26. The van der Waals surface area contributed by atoms with Crippen LogP contribution in [0, 0.1) is 0 Å². The largest absolute Gasteiger partial charge is 0.222 e. The van der Waals surface area contributed by atoms with E-state index >= 15 is 0 Å². The fourth-order valence-electron chi connectivity index (χ4n) is 1.26. The first kappa shape index (κ1) is 12.7. The predicted octanol–water partition coefficient (Wildman–Crippen LogP) is 3.11. The van der Waals surface area contributed by atoms with Gasteiger partial charge in [-0.1, -0.05) is 60.7 Å². The summed E-state index contributed by atoms with van der Waals surface area (Å²) in [5.41, 5.74) is 2.55. The van der Waals surface area contributed by atoms with Gasteiger partial charge in [0.1, 0.15) is 0 Å². The van der Waals surface area contributed by atoms with Gasteiger partial charge in [-0.3, -0.25) is 0 Å². The third kappa shape index (κ3) is 4.96. The highest BCUT2D eigenvalue weighted by atomic mass is 35.7. The lowest BCUT2D eigenvalue weighted by molar-refractivity contribution is 0.626. The molecule has 0 spiro atoms. The van der Waals surface area contributed by atoms with Gasteiger partial charge in [-0.15, -0.1) is 0 Å². The number of thiol groups is 1. The van der Waals surface area contributed by atoms with Crippen molar-refractivity contribution in [2.24, 2.45) is 0 Å². The van der Waals surface area contributed by atoms with Crippen molar-refractivity contribution in [2.45, 2.75) is 0 Å². The predicted molar refractivity (Wildman–Crippen MR) is 68.0 cm³/mol. The van der Waals surface area contributed by atoms with E-state index in [1.54, 1.807) is 0 Å². The van der Waals surface area contributed by atoms with Gasteiger partial charge in [-0.2, -0.15) is 0 Å². The molecule has 0 atom stereocenters. The molecule has 0 aliphatic heterocycles. The van der Waals surface area contributed by atoms with E-state index in [9.17, 15) is 0 Å². The van der Waals surface area contributed by atoms with Crippen LogP contribution >= 0.6 is 10.7 Å². The molecule has 2 aromatic rings. The lowest BCUT2D eigenvalue weighted by Crippen LogP contribution is -1.73. The van der Waals surface area contributed by atoms with Crippen molar-refractivity contribution in [2.75, 3.05) is 0 Å². The molecule has 2 nitrogen and oxygen atoms in total. The molecule has 0 aliphatic carbocycles. The van der Waals surface area contributed by atoms with E-state index in [0.717, 1.165) is 0 Å². The summed E-state index contributed by atoms with van der Waals surface area (Å²) in [6.45, 7) is 0. The van der Waals surface area contributed by atoms with Crippen molar-refractivity contribution in [3.05, 3.63) is 60.7 Å². The average molecular weight is 255 g/mol. The molecule has 4 heteroatoms. The Morgan fingerprint density at radius 1 is 0.688 bits per heavy atom. The zero-order valence-corrected chi connectivity index (χ0v) is 10.1. The van der Waals surface area contributed by atoms with Crippen molar-refractivity contribution in [3.8, 4) is 11.1 Å². The van der Waals surface area contributed by atoms with Crippen LogP contribution in [0.1, 0.15) is 0 Å². The van der Waals surface area contributed by atoms with Crippen LogP contribution in [0.5, 0.6) is 0 Å². The lowest BCUT2D eigenvalue weighted by atomic mass is 10.1. The quantitative estimate of drug-likeness (QED) is 0.627. The number of hydrogen-bond donors (Lipinski definition) is 1. The zero-order chi connectivity index (χ0) is 11.8. The minimum Gasteiger partial charge on any atom is -0.215 e. The Morgan fingerprint density at radius 3 is 1.19 bits per heavy atom. The van der Waals surface area contributed by atoms with Crippen LogP contribution in [-0.2, 0) is 9.92 Å². The highest BCUT2D eigenvalue weighted by Crippen LogP contribution is 2.17. The van der Waals surface area contributed by atoms with Gasteiger partial charge >= 0.3 is 0 Å². The molecule has 2 rings (SSSR count). The Morgan fingerprint density at radius 2 is 0.938 bits per heavy atom. The molecule has 0 amide bonds. The Labute approximate surface area is 101 Å². The van der Waals surface area contributed by atoms with E-state index in [1.165, 1.54) is 11.1 Å². The first-order valence-electron chi connectivity index (χ1n) is 4.61. The van der Waals surface area contributed by atoms with E-state index in [-0.39, 0.29) is 0 Å². The van der Waals surface area contributed by atoms with Crippen LogP contribution in [0.25, 0.3) is 11.1 Å². The van der Waals surface area contributed by atoms with Crippen molar-refractivity contribution in [1.29, 1.82) is 0 Å². The van der Waals surface area contributed by atoms with Gasteiger partial charge in [0.15, 0.2) is 0 Å². The maximum Gasteiger partial charge on any atom is 0.222 e. The van der Waals surface area contributed by atoms with E-state index in [0.29, 0.717) is 0 Å². The second kappa shape index (κ2) is 7.04. The van der Waals surface area contributed by atoms with Gasteiger partial charge in [-0.25, -0.2) is 8.42 Å². The third-order valence-corrected chi connectivity index (χ3v) is 1.88. The summed E-state index contributed by atoms with van der Waals surface area (Å²) in [6, 6.07) is 20.8. The number of rotatable bonds is 1. The molecule has 0 unspecified atom stereocenters. The normalized spacial score (nSPS) is 9.38. The maximum absolute atomic E-state index is 8.80. The minimum absolute atomic E-state index is 1.28. The van der Waals surface area contributed by atoms with Crippen LogP contribution < -0.4 is 0 Å². The highest BCUT2D eigenvalue weighted by molar-refractivity contribution is 7.98. The minimum atomic E-state index is -2.65. The first-order chi connectivity index (χ1) is 7.70. The summed E-state index contributed by atoms with van der Waals surface area (Å²) in [4.78, 5) is 0. The number of benzene rings is 2. The smallest absolute Gasteiger partial charge is 0.215 e. The molecule has 0 aliphatic rings. The van der Waals surface area contributed by atoms with Crippen molar-refractivity contribution in [3.63, 3.8) is 0 Å². The van der Waals surface area contributed by atoms with E-state index in [1.807, 2.05) is 12.1 Å². The van der Waals surface area contributed by atoms with E-state index in [2.05, 4.69) is 59.2 Å². The van der Waals surface area contributed by atoms with Crippen LogP contribution in [0.2, 0.25) is 0 Å². The van der Waals surface area contributed by atoms with Gasteiger partial charge in [0.2, 0.25) is 9.92 Å². The molecule has 0 bridgehead atoms. The molecule has 0 fully saturated rings.